The Bertz CT molecular complexity index is 1000. The third-order valence-electron chi connectivity index (χ3n) is 5.50. The van der Waals surface area contributed by atoms with Crippen molar-refractivity contribution >= 4 is 16.9 Å². The SMILES string of the molecule is CCOC(=O)C1=CN(CCc2cn(Cc3ccccc3)c3ccccc23)CCC1. The van der Waals surface area contributed by atoms with Crippen LogP contribution in [0.1, 0.15) is 30.9 Å². The van der Waals surface area contributed by atoms with Gasteiger partial charge >= 0.3 is 5.97 Å². The standard InChI is InChI=1S/C25H28N2O2/c1-2-29-25(28)22-11-8-15-26(18-22)16-14-21-19-27(17-20-9-4-3-5-10-20)24-13-7-6-12-23(21)24/h3-7,9-10,12-13,18-19H,2,8,11,14-17H2,1H3. The summed E-state index contributed by atoms with van der Waals surface area (Å²) in [6.45, 7) is 5.05. The van der Waals surface area contributed by atoms with Crippen molar-refractivity contribution < 1.29 is 9.53 Å². The first kappa shape index (κ1) is 19.3. The van der Waals surface area contributed by atoms with Crippen molar-refractivity contribution in [2.24, 2.45) is 0 Å². The zero-order chi connectivity index (χ0) is 20.1. The second kappa shape index (κ2) is 8.99. The number of esters is 1. The Morgan fingerprint density at radius 1 is 1.07 bits per heavy atom. The smallest absolute Gasteiger partial charge is 0.335 e. The molecule has 0 N–H and O–H groups in total. The second-order valence-electron chi connectivity index (χ2n) is 7.55. The van der Waals surface area contributed by atoms with Crippen LogP contribution < -0.4 is 0 Å². The summed E-state index contributed by atoms with van der Waals surface area (Å²) in [6.07, 6.45) is 7.06. The van der Waals surface area contributed by atoms with Gasteiger partial charge in [-0.15, -0.1) is 0 Å². The highest BCUT2D eigenvalue weighted by atomic mass is 16.5. The molecule has 2 aromatic carbocycles. The molecule has 0 atom stereocenters. The Morgan fingerprint density at radius 2 is 1.86 bits per heavy atom. The van der Waals surface area contributed by atoms with E-state index < -0.39 is 0 Å². The van der Waals surface area contributed by atoms with Crippen LogP contribution in [0.15, 0.2) is 72.6 Å². The molecule has 0 spiro atoms. The molecule has 0 unspecified atom stereocenters. The minimum atomic E-state index is -0.170. The third-order valence-corrected chi connectivity index (χ3v) is 5.50. The van der Waals surface area contributed by atoms with Gasteiger partial charge in [0.05, 0.1) is 12.2 Å². The van der Waals surface area contributed by atoms with Gasteiger partial charge in [-0.1, -0.05) is 48.5 Å². The number of carbonyl (C=O) groups excluding carboxylic acids is 1. The van der Waals surface area contributed by atoms with Crippen molar-refractivity contribution in [1.82, 2.24) is 9.47 Å². The Kier molecular flexibility index (Phi) is 5.99. The van der Waals surface area contributed by atoms with E-state index >= 15 is 0 Å². The van der Waals surface area contributed by atoms with Gasteiger partial charge in [0, 0.05) is 42.9 Å². The quantitative estimate of drug-likeness (QED) is 0.547. The Morgan fingerprint density at radius 3 is 2.69 bits per heavy atom. The number of fused-ring (bicyclic) bond motifs is 1. The lowest BCUT2D eigenvalue weighted by atomic mass is 10.1. The van der Waals surface area contributed by atoms with Crippen LogP contribution in [0, 0.1) is 0 Å². The van der Waals surface area contributed by atoms with Gasteiger partial charge < -0.3 is 14.2 Å². The Labute approximate surface area is 172 Å². The summed E-state index contributed by atoms with van der Waals surface area (Å²) in [7, 11) is 0. The molecule has 0 radical (unpaired) electrons. The predicted octanol–water partition coefficient (Wildman–Crippen LogP) is 4.77. The molecule has 1 aliphatic heterocycles. The molecule has 150 valence electrons. The van der Waals surface area contributed by atoms with Gasteiger partial charge in [0.2, 0.25) is 0 Å². The van der Waals surface area contributed by atoms with Crippen LogP contribution in [0.2, 0.25) is 0 Å². The number of aromatic nitrogens is 1. The average Bonchev–Trinajstić information content (AvgIpc) is 3.11. The normalized spacial score (nSPS) is 14.1. The Hall–Kier alpha value is -3.01. The fourth-order valence-electron chi connectivity index (χ4n) is 4.07. The monoisotopic (exact) mass is 388 g/mol. The molecule has 1 aromatic heterocycles. The maximum Gasteiger partial charge on any atom is 0.335 e. The highest BCUT2D eigenvalue weighted by molar-refractivity contribution is 5.88. The highest BCUT2D eigenvalue weighted by Gasteiger charge is 2.18. The van der Waals surface area contributed by atoms with E-state index in [2.05, 4.69) is 70.3 Å². The molecule has 0 amide bonds. The maximum atomic E-state index is 12.0. The van der Waals surface area contributed by atoms with Crippen molar-refractivity contribution in [2.75, 3.05) is 19.7 Å². The molecule has 0 saturated carbocycles. The van der Waals surface area contributed by atoms with Crippen LogP contribution in [-0.4, -0.2) is 35.1 Å². The van der Waals surface area contributed by atoms with E-state index in [1.807, 2.05) is 13.1 Å². The molecule has 2 heterocycles. The first-order valence-electron chi connectivity index (χ1n) is 10.5. The van der Waals surface area contributed by atoms with Crippen LogP contribution >= 0.6 is 0 Å². The number of ether oxygens (including phenoxy) is 1. The molecule has 3 aromatic rings. The second-order valence-corrected chi connectivity index (χ2v) is 7.55. The van der Waals surface area contributed by atoms with Crippen LogP contribution in [-0.2, 0) is 22.5 Å². The average molecular weight is 389 g/mol. The van der Waals surface area contributed by atoms with Gasteiger partial charge in [-0.3, -0.25) is 0 Å². The minimum absolute atomic E-state index is 0.170. The molecular weight excluding hydrogens is 360 g/mol. The molecule has 4 rings (SSSR count). The number of nitrogens with zero attached hydrogens (tertiary/aromatic N) is 2. The summed E-state index contributed by atoms with van der Waals surface area (Å²) in [5.74, 6) is -0.170. The van der Waals surface area contributed by atoms with Crippen molar-refractivity contribution in [2.45, 2.75) is 32.7 Å². The summed E-state index contributed by atoms with van der Waals surface area (Å²) >= 11 is 0. The molecule has 0 aliphatic carbocycles. The van der Waals surface area contributed by atoms with Crippen LogP contribution in [0.4, 0.5) is 0 Å². The van der Waals surface area contributed by atoms with Gasteiger partial charge in [0.1, 0.15) is 0 Å². The third kappa shape index (κ3) is 4.53. The summed E-state index contributed by atoms with van der Waals surface area (Å²) < 4.78 is 7.52. The maximum absolute atomic E-state index is 12.0. The number of para-hydroxylation sites is 1. The molecule has 4 heteroatoms. The zero-order valence-electron chi connectivity index (χ0n) is 17.0. The van der Waals surface area contributed by atoms with Gasteiger partial charge in [0.15, 0.2) is 0 Å². The molecule has 29 heavy (non-hydrogen) atoms. The number of hydrogen-bond acceptors (Lipinski definition) is 3. The van der Waals surface area contributed by atoms with Crippen LogP contribution in [0.25, 0.3) is 10.9 Å². The van der Waals surface area contributed by atoms with Gasteiger partial charge in [0.25, 0.3) is 0 Å². The highest BCUT2D eigenvalue weighted by Crippen LogP contribution is 2.24. The summed E-state index contributed by atoms with van der Waals surface area (Å²) in [6, 6.07) is 19.2. The molecule has 1 aliphatic rings. The molecule has 0 saturated heterocycles. The first-order chi connectivity index (χ1) is 14.2. The fraction of sp³-hybridized carbons (Fsp3) is 0.320. The van der Waals surface area contributed by atoms with E-state index in [0.29, 0.717) is 6.61 Å². The molecule has 0 fully saturated rings. The lowest BCUT2D eigenvalue weighted by Gasteiger charge is -2.26. The van der Waals surface area contributed by atoms with Gasteiger partial charge in [-0.25, -0.2) is 4.79 Å². The first-order valence-corrected chi connectivity index (χ1v) is 10.5. The van der Waals surface area contributed by atoms with E-state index in [1.54, 1.807) is 0 Å². The number of carbonyl (C=O) groups is 1. The lowest BCUT2D eigenvalue weighted by Crippen LogP contribution is -2.27. The summed E-state index contributed by atoms with van der Waals surface area (Å²) in [4.78, 5) is 14.3. The van der Waals surface area contributed by atoms with Gasteiger partial charge in [-0.05, 0) is 43.4 Å². The number of rotatable bonds is 7. The number of benzene rings is 2. The molecule has 4 nitrogen and oxygen atoms in total. The van der Waals surface area contributed by atoms with Crippen molar-refractivity contribution in [3.05, 3.63) is 83.7 Å². The number of hydrogen-bond donors (Lipinski definition) is 0. The fourth-order valence-corrected chi connectivity index (χ4v) is 4.07. The van der Waals surface area contributed by atoms with Gasteiger partial charge in [-0.2, -0.15) is 0 Å². The summed E-state index contributed by atoms with van der Waals surface area (Å²) in [5.41, 5.74) is 4.73. The topological polar surface area (TPSA) is 34.5 Å². The van der Waals surface area contributed by atoms with Crippen LogP contribution in [0.5, 0.6) is 0 Å². The van der Waals surface area contributed by atoms with Crippen molar-refractivity contribution in [3.8, 4) is 0 Å². The van der Waals surface area contributed by atoms with Crippen LogP contribution in [0.3, 0.4) is 0 Å². The van der Waals surface area contributed by atoms with E-state index in [4.69, 9.17) is 4.74 Å². The lowest BCUT2D eigenvalue weighted by molar-refractivity contribution is -0.138. The minimum Gasteiger partial charge on any atom is -0.463 e. The van der Waals surface area contributed by atoms with E-state index in [1.165, 1.54) is 22.0 Å². The van der Waals surface area contributed by atoms with Crippen molar-refractivity contribution in [1.29, 1.82) is 0 Å². The summed E-state index contributed by atoms with van der Waals surface area (Å²) in [5, 5.41) is 1.31. The predicted molar refractivity (Wildman–Crippen MR) is 117 cm³/mol. The van der Waals surface area contributed by atoms with Crippen molar-refractivity contribution in [3.63, 3.8) is 0 Å². The zero-order valence-corrected chi connectivity index (χ0v) is 17.0. The largest absolute Gasteiger partial charge is 0.463 e. The molecule has 0 bridgehead atoms. The molecular formula is C25H28N2O2. The van der Waals surface area contributed by atoms with E-state index in [-0.39, 0.29) is 5.97 Å². The van der Waals surface area contributed by atoms with E-state index in [0.717, 1.165) is 44.5 Å². The van der Waals surface area contributed by atoms with E-state index in [9.17, 15) is 4.79 Å². The Balaban J connectivity index is 1.51.